The summed E-state index contributed by atoms with van der Waals surface area (Å²) in [5.41, 5.74) is 1.31. The zero-order valence-electron chi connectivity index (χ0n) is 14.9. The summed E-state index contributed by atoms with van der Waals surface area (Å²) in [7, 11) is 0. The number of nitrogens with zero attached hydrogens (tertiary/aromatic N) is 3. The highest BCUT2D eigenvalue weighted by atomic mass is 32.1. The third-order valence-corrected chi connectivity index (χ3v) is 4.75. The van der Waals surface area contributed by atoms with Crippen molar-refractivity contribution in [3.63, 3.8) is 0 Å². The molecule has 0 spiro atoms. The average molecular weight is 371 g/mol. The molecule has 5 nitrogen and oxygen atoms in total. The van der Waals surface area contributed by atoms with E-state index in [1.54, 1.807) is 34.4 Å². The number of imidazole rings is 1. The lowest BCUT2D eigenvalue weighted by atomic mass is 10.2. The molecular formula is C19H22FN5S. The van der Waals surface area contributed by atoms with Gasteiger partial charge in [-0.2, -0.15) is 0 Å². The molecule has 0 saturated heterocycles. The van der Waals surface area contributed by atoms with Gasteiger partial charge < -0.3 is 15.2 Å². The van der Waals surface area contributed by atoms with Crippen molar-refractivity contribution >= 4 is 17.3 Å². The number of hydrogen-bond acceptors (Lipinski definition) is 3. The van der Waals surface area contributed by atoms with Crippen molar-refractivity contribution in [3.05, 3.63) is 70.2 Å². The van der Waals surface area contributed by atoms with Gasteiger partial charge in [0.05, 0.1) is 18.8 Å². The molecule has 26 heavy (non-hydrogen) atoms. The van der Waals surface area contributed by atoms with Gasteiger partial charge in [0.2, 0.25) is 0 Å². The van der Waals surface area contributed by atoms with Crippen molar-refractivity contribution in [2.75, 3.05) is 6.54 Å². The highest BCUT2D eigenvalue weighted by Crippen LogP contribution is 2.17. The van der Waals surface area contributed by atoms with Gasteiger partial charge >= 0.3 is 0 Å². The van der Waals surface area contributed by atoms with E-state index in [2.05, 4.69) is 26.7 Å². The van der Waals surface area contributed by atoms with Crippen LogP contribution in [0.25, 0.3) is 5.69 Å². The van der Waals surface area contributed by atoms with Crippen LogP contribution in [0.2, 0.25) is 0 Å². The number of guanidine groups is 1. The zero-order valence-corrected chi connectivity index (χ0v) is 15.7. The predicted molar refractivity (Wildman–Crippen MR) is 104 cm³/mol. The minimum atomic E-state index is -0.282. The number of hydrogen-bond donors (Lipinski definition) is 2. The molecule has 1 aromatic carbocycles. The number of halogens is 1. The lowest BCUT2D eigenvalue weighted by Gasteiger charge is -2.11. The summed E-state index contributed by atoms with van der Waals surface area (Å²) in [4.78, 5) is 9.92. The van der Waals surface area contributed by atoms with Crippen LogP contribution >= 0.6 is 11.3 Å². The fourth-order valence-corrected chi connectivity index (χ4v) is 3.22. The van der Waals surface area contributed by atoms with E-state index in [0.29, 0.717) is 12.2 Å². The van der Waals surface area contributed by atoms with Crippen LogP contribution in [-0.2, 0) is 13.1 Å². The summed E-state index contributed by atoms with van der Waals surface area (Å²) < 4.78 is 16.2. The maximum Gasteiger partial charge on any atom is 0.191 e. The summed E-state index contributed by atoms with van der Waals surface area (Å²) in [6, 6.07) is 9.29. The van der Waals surface area contributed by atoms with Gasteiger partial charge in [0.1, 0.15) is 11.6 Å². The Hall–Kier alpha value is -2.67. The number of benzene rings is 1. The molecule has 2 aromatic heterocycles. The van der Waals surface area contributed by atoms with E-state index in [1.165, 1.54) is 10.9 Å². The van der Waals surface area contributed by atoms with E-state index < -0.39 is 0 Å². The van der Waals surface area contributed by atoms with Gasteiger partial charge in [-0.3, -0.25) is 0 Å². The van der Waals surface area contributed by atoms with E-state index in [9.17, 15) is 4.39 Å². The van der Waals surface area contributed by atoms with E-state index >= 15 is 0 Å². The molecule has 0 aliphatic rings. The summed E-state index contributed by atoms with van der Waals surface area (Å²) in [5, 5.41) is 8.55. The van der Waals surface area contributed by atoms with Gasteiger partial charge in [0.25, 0.3) is 0 Å². The molecule has 0 saturated carbocycles. The standard InChI is InChI=1S/C19H22FN5S/c1-3-21-19(24-13-16-5-4-10-26-16)23-12-15-6-7-18(17(20)11-15)25-9-8-22-14(25)2/h4-11H,3,12-13H2,1-2H3,(H2,21,23,24). The monoisotopic (exact) mass is 371 g/mol. The molecule has 0 amide bonds. The van der Waals surface area contributed by atoms with Crippen LogP contribution < -0.4 is 10.6 Å². The molecule has 3 rings (SSSR count). The predicted octanol–water partition coefficient (Wildman–Crippen LogP) is 3.64. The Kier molecular flexibility index (Phi) is 6.01. The zero-order chi connectivity index (χ0) is 18.4. The molecular weight excluding hydrogens is 349 g/mol. The molecule has 0 bridgehead atoms. The van der Waals surface area contributed by atoms with Crippen molar-refractivity contribution in [1.29, 1.82) is 0 Å². The van der Waals surface area contributed by atoms with E-state index in [4.69, 9.17) is 0 Å². The van der Waals surface area contributed by atoms with Gasteiger partial charge in [-0.1, -0.05) is 12.1 Å². The maximum atomic E-state index is 14.5. The number of thiophene rings is 1. The van der Waals surface area contributed by atoms with Crippen molar-refractivity contribution in [2.24, 2.45) is 4.99 Å². The minimum Gasteiger partial charge on any atom is -0.357 e. The molecule has 2 heterocycles. The normalized spacial score (nSPS) is 11.6. The van der Waals surface area contributed by atoms with Crippen molar-refractivity contribution in [1.82, 2.24) is 20.2 Å². The molecule has 0 atom stereocenters. The van der Waals surface area contributed by atoms with Crippen LogP contribution in [0.5, 0.6) is 0 Å². The molecule has 0 radical (unpaired) electrons. The first-order valence-electron chi connectivity index (χ1n) is 8.50. The first-order chi connectivity index (χ1) is 12.7. The molecule has 0 aliphatic carbocycles. The van der Waals surface area contributed by atoms with Crippen LogP contribution in [0, 0.1) is 12.7 Å². The number of aromatic nitrogens is 2. The Bertz CT molecular complexity index is 870. The SMILES string of the molecule is CCNC(=NCc1ccc(-n2ccnc2C)c(F)c1)NCc1cccs1. The highest BCUT2D eigenvalue weighted by molar-refractivity contribution is 7.09. The van der Waals surface area contributed by atoms with Crippen LogP contribution in [0.3, 0.4) is 0 Å². The third kappa shape index (κ3) is 4.49. The van der Waals surface area contributed by atoms with Gasteiger partial charge in [0.15, 0.2) is 5.96 Å². The molecule has 0 fully saturated rings. The Morgan fingerprint density at radius 1 is 1.31 bits per heavy atom. The Balaban J connectivity index is 1.69. The summed E-state index contributed by atoms with van der Waals surface area (Å²) in [6.45, 7) is 5.75. The quantitative estimate of drug-likeness (QED) is 0.514. The minimum absolute atomic E-state index is 0.282. The summed E-state index contributed by atoms with van der Waals surface area (Å²) >= 11 is 1.70. The number of aliphatic imine (C=N–C) groups is 1. The van der Waals surface area contributed by atoms with Gasteiger partial charge in [-0.15, -0.1) is 11.3 Å². The fraction of sp³-hybridized carbons (Fsp3) is 0.263. The van der Waals surface area contributed by atoms with E-state index in [0.717, 1.165) is 30.4 Å². The van der Waals surface area contributed by atoms with Crippen molar-refractivity contribution in [3.8, 4) is 5.69 Å². The molecule has 3 aromatic rings. The first-order valence-corrected chi connectivity index (χ1v) is 9.38. The molecule has 0 aliphatic heterocycles. The number of nitrogens with one attached hydrogen (secondary N) is 2. The van der Waals surface area contributed by atoms with E-state index in [-0.39, 0.29) is 5.82 Å². The van der Waals surface area contributed by atoms with Crippen LogP contribution in [0.1, 0.15) is 23.2 Å². The topological polar surface area (TPSA) is 54.2 Å². The molecule has 2 N–H and O–H groups in total. The van der Waals surface area contributed by atoms with Crippen LogP contribution in [0.4, 0.5) is 4.39 Å². The van der Waals surface area contributed by atoms with Gasteiger partial charge in [0, 0.05) is 23.8 Å². The molecule has 136 valence electrons. The van der Waals surface area contributed by atoms with Crippen LogP contribution in [-0.4, -0.2) is 22.1 Å². The number of aryl methyl sites for hydroxylation is 1. The average Bonchev–Trinajstić information content (AvgIpc) is 3.29. The Morgan fingerprint density at radius 2 is 2.19 bits per heavy atom. The van der Waals surface area contributed by atoms with Crippen molar-refractivity contribution in [2.45, 2.75) is 26.9 Å². The van der Waals surface area contributed by atoms with Gasteiger partial charge in [-0.05, 0) is 43.0 Å². The molecule has 0 unspecified atom stereocenters. The third-order valence-electron chi connectivity index (χ3n) is 3.87. The van der Waals surface area contributed by atoms with E-state index in [1.807, 2.05) is 31.4 Å². The van der Waals surface area contributed by atoms with Gasteiger partial charge in [-0.25, -0.2) is 14.4 Å². The smallest absolute Gasteiger partial charge is 0.191 e. The summed E-state index contributed by atoms with van der Waals surface area (Å²) in [5.74, 6) is 1.19. The lowest BCUT2D eigenvalue weighted by molar-refractivity contribution is 0.614. The second kappa shape index (κ2) is 8.62. The first kappa shape index (κ1) is 18.1. The molecule has 7 heteroatoms. The summed E-state index contributed by atoms with van der Waals surface area (Å²) in [6.07, 6.45) is 3.41. The fourth-order valence-electron chi connectivity index (χ4n) is 2.57. The maximum absolute atomic E-state index is 14.5. The lowest BCUT2D eigenvalue weighted by Crippen LogP contribution is -2.36. The largest absolute Gasteiger partial charge is 0.357 e. The Labute approximate surface area is 156 Å². The van der Waals surface area contributed by atoms with Crippen LogP contribution in [0.15, 0.2) is 53.1 Å². The number of rotatable bonds is 6. The van der Waals surface area contributed by atoms with Crippen molar-refractivity contribution < 1.29 is 4.39 Å². The second-order valence-corrected chi connectivity index (χ2v) is 6.79. The highest BCUT2D eigenvalue weighted by Gasteiger charge is 2.08. The second-order valence-electron chi connectivity index (χ2n) is 5.76. The Morgan fingerprint density at radius 3 is 2.85 bits per heavy atom.